The number of benzene rings is 2. The molecule has 2 N–H and O–H groups in total. The van der Waals surface area contributed by atoms with E-state index in [9.17, 15) is 4.79 Å². The van der Waals surface area contributed by atoms with Crippen LogP contribution in [0.5, 0.6) is 5.75 Å². The molecule has 0 spiro atoms. The third-order valence-corrected chi connectivity index (χ3v) is 4.17. The maximum absolute atomic E-state index is 12.6. The second-order valence-corrected chi connectivity index (χ2v) is 5.72. The number of rotatable bonds is 3. The molecule has 4 aromatic rings. The normalized spacial score (nSPS) is 10.8. The molecule has 0 aliphatic carbocycles. The van der Waals surface area contributed by atoms with Crippen molar-refractivity contribution in [3.05, 3.63) is 77.2 Å². The number of anilines is 1. The lowest BCUT2D eigenvalue weighted by atomic mass is 10.1. The van der Waals surface area contributed by atoms with Crippen molar-refractivity contribution in [1.29, 1.82) is 0 Å². The molecule has 2 aromatic heterocycles. The van der Waals surface area contributed by atoms with E-state index in [1.807, 2.05) is 54.6 Å². The average molecular weight is 344 g/mol. The highest BCUT2D eigenvalue weighted by Crippen LogP contribution is 2.27. The molecule has 0 aliphatic rings. The quantitative estimate of drug-likeness (QED) is 0.618. The van der Waals surface area contributed by atoms with Gasteiger partial charge in [-0.25, -0.2) is 14.3 Å². The fourth-order valence-electron chi connectivity index (χ4n) is 2.92. The zero-order chi connectivity index (χ0) is 18.1. The van der Waals surface area contributed by atoms with E-state index in [-0.39, 0.29) is 5.82 Å². The lowest BCUT2D eigenvalue weighted by Gasteiger charge is -2.14. The van der Waals surface area contributed by atoms with Gasteiger partial charge in [0.15, 0.2) is 5.65 Å². The number of fused-ring (bicyclic) bond motifs is 1. The molecule has 0 radical (unpaired) electrons. The standard InChI is InChI=1S/C20H16N4O2/c1-26-17-10-6-5-9-16(17)24-19-14(18(21)23-20(24)25)11-12-15(22-19)13-7-3-2-4-8-13/h2-12H,1H3,(H2,21,23,25). The van der Waals surface area contributed by atoms with Crippen molar-refractivity contribution in [3.63, 3.8) is 0 Å². The van der Waals surface area contributed by atoms with Gasteiger partial charge in [-0.2, -0.15) is 4.98 Å². The van der Waals surface area contributed by atoms with Crippen LogP contribution in [-0.4, -0.2) is 21.6 Å². The van der Waals surface area contributed by atoms with Crippen LogP contribution in [0.3, 0.4) is 0 Å². The summed E-state index contributed by atoms with van der Waals surface area (Å²) in [6.45, 7) is 0. The summed E-state index contributed by atoms with van der Waals surface area (Å²) in [5, 5.41) is 0.607. The van der Waals surface area contributed by atoms with E-state index in [0.717, 1.165) is 11.3 Å². The van der Waals surface area contributed by atoms with Crippen molar-refractivity contribution in [3.8, 4) is 22.7 Å². The first-order valence-electron chi connectivity index (χ1n) is 8.07. The number of nitrogens with zero attached hydrogens (tertiary/aromatic N) is 3. The van der Waals surface area contributed by atoms with E-state index in [0.29, 0.717) is 22.5 Å². The molecule has 4 rings (SSSR count). The molecule has 26 heavy (non-hydrogen) atoms. The minimum atomic E-state index is -0.503. The molecule has 0 unspecified atom stereocenters. The Balaban J connectivity index is 2.07. The molecule has 0 saturated carbocycles. The second-order valence-electron chi connectivity index (χ2n) is 5.72. The lowest BCUT2D eigenvalue weighted by molar-refractivity contribution is 0.412. The Bertz CT molecular complexity index is 1150. The third kappa shape index (κ3) is 2.57. The number of para-hydroxylation sites is 2. The zero-order valence-corrected chi connectivity index (χ0v) is 14.1. The van der Waals surface area contributed by atoms with E-state index in [1.165, 1.54) is 4.57 Å². The van der Waals surface area contributed by atoms with Gasteiger partial charge in [-0.05, 0) is 24.3 Å². The highest BCUT2D eigenvalue weighted by Gasteiger charge is 2.15. The number of nitrogen functional groups attached to an aromatic ring is 1. The van der Waals surface area contributed by atoms with E-state index in [1.54, 1.807) is 19.2 Å². The summed E-state index contributed by atoms with van der Waals surface area (Å²) in [6, 6.07) is 20.7. The van der Waals surface area contributed by atoms with E-state index in [4.69, 9.17) is 15.5 Å². The Kier molecular flexibility index (Phi) is 3.85. The van der Waals surface area contributed by atoms with E-state index < -0.39 is 5.69 Å². The van der Waals surface area contributed by atoms with Crippen LogP contribution in [-0.2, 0) is 0 Å². The van der Waals surface area contributed by atoms with Crippen molar-refractivity contribution in [2.45, 2.75) is 0 Å². The molecule has 6 nitrogen and oxygen atoms in total. The lowest BCUT2D eigenvalue weighted by Crippen LogP contribution is -2.24. The van der Waals surface area contributed by atoms with Crippen molar-refractivity contribution in [2.24, 2.45) is 0 Å². The van der Waals surface area contributed by atoms with Crippen LogP contribution in [0.4, 0.5) is 5.82 Å². The van der Waals surface area contributed by atoms with Gasteiger partial charge in [-0.3, -0.25) is 0 Å². The Morgan fingerprint density at radius 3 is 2.42 bits per heavy atom. The second kappa shape index (κ2) is 6.33. The van der Waals surface area contributed by atoms with Crippen molar-refractivity contribution in [2.75, 3.05) is 12.8 Å². The third-order valence-electron chi connectivity index (χ3n) is 4.17. The molecule has 0 atom stereocenters. The molecule has 2 heterocycles. The molecular formula is C20H16N4O2. The number of hydrogen-bond acceptors (Lipinski definition) is 5. The number of aromatic nitrogens is 3. The molecule has 0 bridgehead atoms. The first kappa shape index (κ1) is 15.8. The zero-order valence-electron chi connectivity index (χ0n) is 14.1. The Labute approximate surface area is 149 Å². The summed E-state index contributed by atoms with van der Waals surface area (Å²) in [6.07, 6.45) is 0. The predicted molar refractivity (Wildman–Crippen MR) is 102 cm³/mol. The van der Waals surface area contributed by atoms with Gasteiger partial charge >= 0.3 is 5.69 Å². The van der Waals surface area contributed by atoms with Gasteiger partial charge < -0.3 is 10.5 Å². The van der Waals surface area contributed by atoms with Crippen LogP contribution in [0.2, 0.25) is 0 Å². The monoisotopic (exact) mass is 344 g/mol. The smallest absolute Gasteiger partial charge is 0.355 e. The summed E-state index contributed by atoms with van der Waals surface area (Å²) in [5.41, 5.74) is 8.16. The van der Waals surface area contributed by atoms with Gasteiger partial charge in [-0.15, -0.1) is 0 Å². The molecule has 0 aliphatic heterocycles. The molecule has 0 amide bonds. The maximum Gasteiger partial charge on any atom is 0.355 e. The maximum atomic E-state index is 12.6. The summed E-state index contributed by atoms with van der Waals surface area (Å²) in [5.74, 6) is 0.706. The van der Waals surface area contributed by atoms with E-state index in [2.05, 4.69) is 4.98 Å². The minimum Gasteiger partial charge on any atom is -0.495 e. The van der Waals surface area contributed by atoms with Gasteiger partial charge in [0.1, 0.15) is 11.6 Å². The minimum absolute atomic E-state index is 0.156. The largest absolute Gasteiger partial charge is 0.495 e. The molecular weight excluding hydrogens is 328 g/mol. The average Bonchev–Trinajstić information content (AvgIpc) is 2.68. The molecule has 6 heteroatoms. The van der Waals surface area contributed by atoms with Crippen LogP contribution in [0.25, 0.3) is 28.0 Å². The molecule has 128 valence electrons. The Morgan fingerprint density at radius 1 is 0.923 bits per heavy atom. The fourth-order valence-corrected chi connectivity index (χ4v) is 2.92. The van der Waals surface area contributed by atoms with Crippen LogP contribution in [0, 0.1) is 0 Å². The number of methoxy groups -OCH3 is 1. The van der Waals surface area contributed by atoms with E-state index >= 15 is 0 Å². The first-order chi connectivity index (χ1) is 12.7. The summed E-state index contributed by atoms with van der Waals surface area (Å²) >= 11 is 0. The summed E-state index contributed by atoms with van der Waals surface area (Å²) in [4.78, 5) is 21.3. The highest BCUT2D eigenvalue weighted by molar-refractivity contribution is 5.88. The van der Waals surface area contributed by atoms with Crippen molar-refractivity contribution in [1.82, 2.24) is 14.5 Å². The van der Waals surface area contributed by atoms with Crippen LogP contribution >= 0.6 is 0 Å². The van der Waals surface area contributed by atoms with Crippen LogP contribution in [0.15, 0.2) is 71.5 Å². The van der Waals surface area contributed by atoms with Gasteiger partial charge in [0.2, 0.25) is 0 Å². The summed E-state index contributed by atoms with van der Waals surface area (Å²) < 4.78 is 6.83. The van der Waals surface area contributed by atoms with Gasteiger partial charge in [-0.1, -0.05) is 42.5 Å². The summed E-state index contributed by atoms with van der Waals surface area (Å²) in [7, 11) is 1.56. The predicted octanol–water partition coefficient (Wildman–Crippen LogP) is 3.04. The van der Waals surface area contributed by atoms with Gasteiger partial charge in [0.25, 0.3) is 0 Å². The molecule has 2 aromatic carbocycles. The molecule has 0 fully saturated rings. The highest BCUT2D eigenvalue weighted by atomic mass is 16.5. The van der Waals surface area contributed by atoms with Crippen LogP contribution in [0.1, 0.15) is 0 Å². The number of hydrogen-bond donors (Lipinski definition) is 1. The van der Waals surface area contributed by atoms with Crippen LogP contribution < -0.4 is 16.2 Å². The SMILES string of the molecule is COc1ccccc1-n1c(=O)nc(N)c2ccc(-c3ccccc3)nc21. The topological polar surface area (TPSA) is 83.0 Å². The number of nitrogens with two attached hydrogens (primary N) is 1. The van der Waals surface area contributed by atoms with Gasteiger partial charge in [0.05, 0.1) is 23.9 Å². The van der Waals surface area contributed by atoms with Crippen molar-refractivity contribution < 1.29 is 4.74 Å². The first-order valence-corrected chi connectivity index (χ1v) is 8.07. The number of pyridine rings is 1. The van der Waals surface area contributed by atoms with Gasteiger partial charge in [0, 0.05) is 5.56 Å². The number of ether oxygens (including phenoxy) is 1. The molecule has 0 saturated heterocycles. The Hall–Kier alpha value is -3.67. The Morgan fingerprint density at radius 2 is 1.65 bits per heavy atom. The van der Waals surface area contributed by atoms with Crippen molar-refractivity contribution >= 4 is 16.9 Å². The fraction of sp³-hybridized carbons (Fsp3) is 0.0500.